The maximum absolute atomic E-state index is 14.1. The van der Waals surface area contributed by atoms with Gasteiger partial charge in [0.25, 0.3) is 0 Å². The SMILES string of the molecule is COc1ccc(Cl)cc1N1C(=O)[C@@H]2C3c4ccccc4C(c4ccccc43)[C@]2(C)C1=O. The van der Waals surface area contributed by atoms with Crippen LogP contribution in [0.5, 0.6) is 5.75 Å². The van der Waals surface area contributed by atoms with Crippen LogP contribution in [-0.2, 0) is 9.59 Å². The predicted molar refractivity (Wildman–Crippen MR) is 119 cm³/mol. The summed E-state index contributed by atoms with van der Waals surface area (Å²) in [6.45, 7) is 1.96. The number of carbonyl (C=O) groups excluding carboxylic acids is 2. The molecule has 0 saturated carbocycles. The molecule has 2 amide bonds. The van der Waals surface area contributed by atoms with Crippen molar-refractivity contribution in [1.29, 1.82) is 0 Å². The Labute approximate surface area is 185 Å². The number of amides is 2. The molecule has 31 heavy (non-hydrogen) atoms. The first kappa shape index (κ1) is 18.6. The molecule has 2 bridgehead atoms. The molecule has 4 aliphatic rings. The topological polar surface area (TPSA) is 46.6 Å². The molecule has 3 aromatic carbocycles. The number of ether oxygens (including phenoxy) is 1. The number of methoxy groups -OCH3 is 1. The fraction of sp³-hybridized carbons (Fsp3) is 0.231. The van der Waals surface area contributed by atoms with E-state index in [4.69, 9.17) is 16.3 Å². The van der Waals surface area contributed by atoms with Gasteiger partial charge in [0.1, 0.15) is 5.75 Å². The van der Waals surface area contributed by atoms with Crippen LogP contribution in [-0.4, -0.2) is 18.9 Å². The molecule has 0 aromatic heterocycles. The second-order valence-electron chi connectivity index (χ2n) is 8.72. The second kappa shape index (κ2) is 6.21. The first-order chi connectivity index (χ1) is 15.0. The summed E-state index contributed by atoms with van der Waals surface area (Å²) in [5.41, 5.74) is 4.12. The van der Waals surface area contributed by atoms with Gasteiger partial charge in [-0.25, -0.2) is 4.90 Å². The molecule has 1 fully saturated rings. The van der Waals surface area contributed by atoms with Gasteiger partial charge < -0.3 is 4.74 Å². The molecular formula is C26H20ClNO3. The fourth-order valence-electron chi connectivity index (χ4n) is 6.18. The second-order valence-corrected chi connectivity index (χ2v) is 9.16. The van der Waals surface area contributed by atoms with Gasteiger partial charge in [0.05, 0.1) is 24.1 Å². The first-order valence-electron chi connectivity index (χ1n) is 10.4. The highest BCUT2D eigenvalue weighted by Crippen LogP contribution is 2.67. The maximum atomic E-state index is 14.1. The van der Waals surface area contributed by atoms with Crippen LogP contribution >= 0.6 is 11.6 Å². The number of benzene rings is 3. The maximum Gasteiger partial charge on any atom is 0.241 e. The van der Waals surface area contributed by atoms with E-state index in [2.05, 4.69) is 24.3 Å². The highest BCUT2D eigenvalue weighted by atomic mass is 35.5. The van der Waals surface area contributed by atoms with E-state index in [1.165, 1.54) is 12.0 Å². The summed E-state index contributed by atoms with van der Waals surface area (Å²) < 4.78 is 5.48. The molecule has 2 atom stereocenters. The molecule has 5 heteroatoms. The van der Waals surface area contributed by atoms with Gasteiger partial charge in [-0.1, -0.05) is 60.1 Å². The lowest BCUT2D eigenvalue weighted by Gasteiger charge is -2.51. The average Bonchev–Trinajstić information content (AvgIpc) is 2.99. The molecule has 1 aliphatic heterocycles. The first-order valence-corrected chi connectivity index (χ1v) is 10.8. The minimum atomic E-state index is -0.877. The Morgan fingerprint density at radius 2 is 1.48 bits per heavy atom. The quantitative estimate of drug-likeness (QED) is 0.530. The number of nitrogens with zero attached hydrogens (tertiary/aromatic N) is 1. The minimum Gasteiger partial charge on any atom is -0.495 e. The summed E-state index contributed by atoms with van der Waals surface area (Å²) >= 11 is 6.25. The van der Waals surface area contributed by atoms with E-state index >= 15 is 0 Å². The van der Waals surface area contributed by atoms with Crippen LogP contribution in [0.15, 0.2) is 66.7 Å². The standard InChI is InChI=1S/C26H20ClNO3/c1-26-22-17-9-5-3-7-15(17)21(16-8-4-6-10-18(16)22)23(26)24(29)28(25(26)30)19-13-14(27)11-12-20(19)31-2/h3-13,21-23H,1-2H3/t21?,22?,23-,26-/m0/s1. The molecule has 154 valence electrons. The Kier molecular flexibility index (Phi) is 3.73. The van der Waals surface area contributed by atoms with Gasteiger partial charge in [-0.2, -0.15) is 0 Å². The lowest BCUT2D eigenvalue weighted by molar-refractivity contribution is -0.128. The van der Waals surface area contributed by atoms with Crippen LogP contribution in [0.3, 0.4) is 0 Å². The van der Waals surface area contributed by atoms with Gasteiger partial charge in [-0.05, 0) is 47.4 Å². The molecule has 4 nitrogen and oxygen atoms in total. The third kappa shape index (κ3) is 2.16. The van der Waals surface area contributed by atoms with E-state index in [0.29, 0.717) is 16.5 Å². The zero-order valence-electron chi connectivity index (χ0n) is 17.1. The number of hydrogen-bond donors (Lipinski definition) is 0. The summed E-state index contributed by atoms with van der Waals surface area (Å²) in [4.78, 5) is 29.3. The number of rotatable bonds is 2. The van der Waals surface area contributed by atoms with E-state index in [1.807, 2.05) is 31.2 Å². The zero-order valence-corrected chi connectivity index (χ0v) is 17.9. The molecule has 0 spiro atoms. The van der Waals surface area contributed by atoms with Crippen molar-refractivity contribution in [1.82, 2.24) is 0 Å². The predicted octanol–water partition coefficient (Wildman–Crippen LogP) is 5.14. The largest absolute Gasteiger partial charge is 0.495 e. The summed E-state index contributed by atoms with van der Waals surface area (Å²) in [7, 11) is 1.53. The highest BCUT2D eigenvalue weighted by molar-refractivity contribution is 6.32. The normalized spacial score (nSPS) is 27.7. The Balaban J connectivity index is 1.62. The fourth-order valence-corrected chi connectivity index (χ4v) is 6.35. The van der Waals surface area contributed by atoms with Gasteiger partial charge in [-0.3, -0.25) is 9.59 Å². The molecular weight excluding hydrogens is 410 g/mol. The van der Waals surface area contributed by atoms with Gasteiger partial charge in [0, 0.05) is 16.9 Å². The monoisotopic (exact) mass is 429 g/mol. The summed E-state index contributed by atoms with van der Waals surface area (Å²) in [5.74, 6) is -0.737. The summed E-state index contributed by atoms with van der Waals surface area (Å²) in [6, 6.07) is 21.5. The third-order valence-electron chi connectivity index (χ3n) is 7.40. The lowest BCUT2D eigenvalue weighted by Crippen LogP contribution is -2.49. The highest BCUT2D eigenvalue weighted by Gasteiger charge is 2.69. The van der Waals surface area contributed by atoms with Crippen molar-refractivity contribution in [2.75, 3.05) is 12.0 Å². The van der Waals surface area contributed by atoms with E-state index in [0.717, 1.165) is 22.3 Å². The molecule has 3 aliphatic carbocycles. The molecule has 0 unspecified atom stereocenters. The Bertz CT molecular complexity index is 1240. The Morgan fingerprint density at radius 1 is 0.903 bits per heavy atom. The number of halogens is 1. The molecule has 1 heterocycles. The van der Waals surface area contributed by atoms with E-state index < -0.39 is 11.3 Å². The number of imide groups is 1. The average molecular weight is 430 g/mol. The van der Waals surface area contributed by atoms with Crippen LogP contribution in [0.25, 0.3) is 0 Å². The molecule has 0 N–H and O–H groups in total. The molecule has 0 radical (unpaired) electrons. The summed E-state index contributed by atoms with van der Waals surface area (Å²) in [6.07, 6.45) is 0. The van der Waals surface area contributed by atoms with Crippen molar-refractivity contribution < 1.29 is 14.3 Å². The number of carbonyl (C=O) groups is 2. The molecule has 7 rings (SSSR count). The van der Waals surface area contributed by atoms with Crippen molar-refractivity contribution >= 4 is 29.1 Å². The smallest absolute Gasteiger partial charge is 0.241 e. The van der Waals surface area contributed by atoms with Crippen molar-refractivity contribution in [3.05, 3.63) is 94.0 Å². The minimum absolute atomic E-state index is 0.158. The molecule has 1 saturated heterocycles. The van der Waals surface area contributed by atoms with E-state index in [9.17, 15) is 9.59 Å². The Hall–Kier alpha value is -3.11. The van der Waals surface area contributed by atoms with Crippen molar-refractivity contribution in [2.24, 2.45) is 11.3 Å². The van der Waals surface area contributed by atoms with Crippen LogP contribution < -0.4 is 9.64 Å². The zero-order chi connectivity index (χ0) is 21.5. The van der Waals surface area contributed by atoms with Crippen molar-refractivity contribution in [3.63, 3.8) is 0 Å². The van der Waals surface area contributed by atoms with Crippen LogP contribution in [0.1, 0.15) is 41.0 Å². The van der Waals surface area contributed by atoms with E-state index in [1.54, 1.807) is 18.2 Å². The Morgan fingerprint density at radius 3 is 2.06 bits per heavy atom. The van der Waals surface area contributed by atoms with Crippen molar-refractivity contribution in [3.8, 4) is 5.75 Å². The van der Waals surface area contributed by atoms with Crippen molar-refractivity contribution in [2.45, 2.75) is 18.8 Å². The summed E-state index contributed by atoms with van der Waals surface area (Å²) in [5, 5.41) is 0.450. The number of anilines is 1. The molecule has 3 aromatic rings. The lowest BCUT2D eigenvalue weighted by atomic mass is 9.48. The van der Waals surface area contributed by atoms with Crippen LogP contribution in [0.2, 0.25) is 5.02 Å². The van der Waals surface area contributed by atoms with E-state index in [-0.39, 0.29) is 23.7 Å². The van der Waals surface area contributed by atoms with Crippen LogP contribution in [0, 0.1) is 11.3 Å². The van der Waals surface area contributed by atoms with Gasteiger partial charge in [0.15, 0.2) is 0 Å². The number of hydrogen-bond acceptors (Lipinski definition) is 3. The van der Waals surface area contributed by atoms with Gasteiger partial charge in [0.2, 0.25) is 11.8 Å². The van der Waals surface area contributed by atoms with Gasteiger partial charge in [-0.15, -0.1) is 0 Å². The third-order valence-corrected chi connectivity index (χ3v) is 7.63. The van der Waals surface area contributed by atoms with Crippen LogP contribution in [0.4, 0.5) is 5.69 Å². The van der Waals surface area contributed by atoms with Gasteiger partial charge >= 0.3 is 0 Å².